The van der Waals surface area contributed by atoms with Crippen molar-refractivity contribution >= 4 is 11.1 Å². The predicted molar refractivity (Wildman–Crippen MR) is 34.2 cm³/mol. The molecule has 0 aliphatic rings. The molecule has 0 saturated carbocycles. The van der Waals surface area contributed by atoms with Gasteiger partial charge in [-0.3, -0.25) is 4.21 Å². The first-order chi connectivity index (χ1) is 5.91. The molecule has 0 bridgehead atoms. The Bertz CT molecular complexity index is 329. The second kappa shape index (κ2) is 5.17. The molecule has 0 fully saturated rings. The molecule has 1 aromatic rings. The zero-order valence-corrected chi connectivity index (χ0v) is 9.72. The summed E-state index contributed by atoms with van der Waals surface area (Å²) >= 11 is -2.65. The number of aromatic nitrogens is 2. The van der Waals surface area contributed by atoms with E-state index in [9.17, 15) is 21.9 Å². The van der Waals surface area contributed by atoms with E-state index in [0.29, 0.717) is 6.07 Å². The van der Waals surface area contributed by atoms with Gasteiger partial charge in [-0.2, -0.15) is 13.2 Å². The quantitative estimate of drug-likeness (QED) is 0.406. The molecule has 72 valence electrons. The van der Waals surface area contributed by atoms with Crippen LogP contribution in [0.25, 0.3) is 0 Å². The average Bonchev–Trinajstić information content (AvgIpc) is 2.03. The molecule has 1 heterocycles. The van der Waals surface area contributed by atoms with Crippen molar-refractivity contribution in [1.29, 1.82) is 0 Å². The molecule has 14 heavy (non-hydrogen) atoms. The van der Waals surface area contributed by atoms with Crippen LogP contribution in [0, 0.1) is 0 Å². The number of hydrogen-bond acceptors (Lipinski definition) is 4. The maximum Gasteiger partial charge on any atom is 1.00 e. The number of hydrogen-bond donors (Lipinski definition) is 0. The van der Waals surface area contributed by atoms with E-state index in [1.807, 2.05) is 0 Å². The van der Waals surface area contributed by atoms with E-state index in [2.05, 4.69) is 10.2 Å². The summed E-state index contributed by atoms with van der Waals surface area (Å²) in [5, 5.41) is 5.04. The number of halogens is 3. The van der Waals surface area contributed by atoms with Gasteiger partial charge in [-0.15, -0.1) is 10.2 Å². The van der Waals surface area contributed by atoms with Gasteiger partial charge < -0.3 is 4.55 Å². The smallest absolute Gasteiger partial charge is 0.767 e. The fraction of sp³-hybridized carbons (Fsp3) is 0.200. The number of rotatable bonds is 1. The van der Waals surface area contributed by atoms with Gasteiger partial charge in [0, 0.05) is 0 Å². The first-order valence-corrected chi connectivity index (χ1v) is 3.99. The Hall–Kier alpha value is -0.0200. The van der Waals surface area contributed by atoms with Crippen LogP contribution in [0.2, 0.25) is 0 Å². The third kappa shape index (κ3) is 3.62. The zero-order valence-electron chi connectivity index (χ0n) is 6.91. The van der Waals surface area contributed by atoms with Gasteiger partial charge in [0.25, 0.3) is 0 Å². The normalized spacial score (nSPS) is 13.1. The maximum atomic E-state index is 11.9. The standard InChI is InChI=1S/C5H3F3N2O2S.Na/c6-5(7,8)3-1-2-4(10-9-3)13(11)12;/h1-2H,(H,11,12);/q;+1/p-1. The summed E-state index contributed by atoms with van der Waals surface area (Å²) in [6.45, 7) is 0. The van der Waals surface area contributed by atoms with Gasteiger partial charge in [-0.25, -0.2) is 0 Å². The number of alkyl halides is 3. The van der Waals surface area contributed by atoms with E-state index in [1.54, 1.807) is 0 Å². The first kappa shape index (κ1) is 14.0. The molecule has 0 amide bonds. The predicted octanol–water partition coefficient (Wildman–Crippen LogP) is -2.26. The Labute approximate surface area is 101 Å². The van der Waals surface area contributed by atoms with Gasteiger partial charge in [0.1, 0.15) is 5.03 Å². The summed E-state index contributed by atoms with van der Waals surface area (Å²) < 4.78 is 55.9. The third-order valence-electron chi connectivity index (χ3n) is 1.10. The zero-order chi connectivity index (χ0) is 10.1. The molecule has 1 atom stereocenters. The van der Waals surface area contributed by atoms with Crippen LogP contribution in [0.4, 0.5) is 13.2 Å². The van der Waals surface area contributed by atoms with Crippen LogP contribution in [-0.2, 0) is 17.3 Å². The number of nitrogens with zero attached hydrogens (tertiary/aromatic N) is 2. The second-order valence-electron chi connectivity index (χ2n) is 1.99. The molecule has 0 N–H and O–H groups in total. The van der Waals surface area contributed by atoms with E-state index in [0.717, 1.165) is 6.07 Å². The fourth-order valence-electron chi connectivity index (χ4n) is 0.560. The summed E-state index contributed by atoms with van der Waals surface area (Å²) in [5.74, 6) is 0. The molecule has 0 aromatic carbocycles. The van der Waals surface area contributed by atoms with Crippen molar-refractivity contribution in [2.45, 2.75) is 11.2 Å². The van der Waals surface area contributed by atoms with Crippen LogP contribution in [-0.4, -0.2) is 19.0 Å². The van der Waals surface area contributed by atoms with Crippen LogP contribution >= 0.6 is 0 Å². The molecule has 4 nitrogen and oxygen atoms in total. The van der Waals surface area contributed by atoms with Crippen LogP contribution in [0.1, 0.15) is 5.69 Å². The Morgan fingerprint density at radius 2 is 1.86 bits per heavy atom. The molecular weight excluding hydrogens is 232 g/mol. The van der Waals surface area contributed by atoms with Crippen molar-refractivity contribution in [2.24, 2.45) is 0 Å². The van der Waals surface area contributed by atoms with Crippen LogP contribution in [0.3, 0.4) is 0 Å². The van der Waals surface area contributed by atoms with Crippen molar-refractivity contribution in [1.82, 2.24) is 10.2 Å². The average molecular weight is 234 g/mol. The van der Waals surface area contributed by atoms with Crippen LogP contribution in [0.15, 0.2) is 17.2 Å². The molecule has 1 unspecified atom stereocenters. The van der Waals surface area contributed by atoms with Crippen molar-refractivity contribution in [3.05, 3.63) is 17.8 Å². The molecule has 0 spiro atoms. The van der Waals surface area contributed by atoms with E-state index < -0.39 is 28.0 Å². The van der Waals surface area contributed by atoms with Crippen molar-refractivity contribution in [2.75, 3.05) is 0 Å². The first-order valence-electron chi connectivity index (χ1n) is 2.91. The van der Waals surface area contributed by atoms with Gasteiger partial charge in [0.15, 0.2) is 5.69 Å². The Kier molecular flexibility index (Phi) is 5.16. The summed E-state index contributed by atoms with van der Waals surface area (Å²) in [7, 11) is 0. The SMILES string of the molecule is O=S([O-])c1ccc(C(F)(F)F)nn1.[Na+]. The Balaban J connectivity index is 0.00000169. The largest absolute Gasteiger partial charge is 1.00 e. The van der Waals surface area contributed by atoms with Gasteiger partial charge >= 0.3 is 35.7 Å². The van der Waals surface area contributed by atoms with Crippen LogP contribution < -0.4 is 29.6 Å². The summed E-state index contributed by atoms with van der Waals surface area (Å²) in [5.41, 5.74) is -1.22. The summed E-state index contributed by atoms with van der Waals surface area (Å²) in [6, 6.07) is 1.29. The summed E-state index contributed by atoms with van der Waals surface area (Å²) in [4.78, 5) is 0. The topological polar surface area (TPSA) is 65.9 Å². The van der Waals surface area contributed by atoms with E-state index in [4.69, 9.17) is 0 Å². The third-order valence-corrected chi connectivity index (χ3v) is 1.66. The van der Waals surface area contributed by atoms with Gasteiger partial charge in [-0.05, 0) is 23.2 Å². The van der Waals surface area contributed by atoms with Crippen molar-refractivity contribution in [3.63, 3.8) is 0 Å². The summed E-state index contributed by atoms with van der Waals surface area (Å²) in [6.07, 6.45) is -4.60. The molecule has 0 aliphatic heterocycles. The molecule has 0 aliphatic carbocycles. The van der Waals surface area contributed by atoms with Gasteiger partial charge in [0.2, 0.25) is 0 Å². The Morgan fingerprint density at radius 1 is 1.29 bits per heavy atom. The monoisotopic (exact) mass is 234 g/mol. The van der Waals surface area contributed by atoms with Crippen molar-refractivity contribution < 1.29 is 51.5 Å². The minimum absolute atomic E-state index is 0. The maximum absolute atomic E-state index is 11.9. The minimum atomic E-state index is -4.60. The second-order valence-corrected chi connectivity index (χ2v) is 2.88. The molecule has 1 aromatic heterocycles. The molecule has 0 radical (unpaired) electrons. The molecule has 0 saturated heterocycles. The molecule has 9 heteroatoms. The minimum Gasteiger partial charge on any atom is -0.767 e. The van der Waals surface area contributed by atoms with E-state index in [1.165, 1.54) is 0 Å². The Morgan fingerprint density at radius 3 is 2.14 bits per heavy atom. The molecule has 1 rings (SSSR count). The van der Waals surface area contributed by atoms with Gasteiger partial charge in [-0.1, -0.05) is 0 Å². The van der Waals surface area contributed by atoms with Gasteiger partial charge in [0.05, 0.1) is 0 Å². The van der Waals surface area contributed by atoms with Crippen LogP contribution in [0.5, 0.6) is 0 Å². The van der Waals surface area contributed by atoms with E-state index >= 15 is 0 Å². The van der Waals surface area contributed by atoms with Crippen molar-refractivity contribution in [3.8, 4) is 0 Å². The van der Waals surface area contributed by atoms with E-state index in [-0.39, 0.29) is 29.6 Å². The fourth-order valence-corrected chi connectivity index (χ4v) is 0.847. The molecular formula is C5H2F3N2NaO2S.